The third-order valence-electron chi connectivity index (χ3n) is 5.28. The molecular formula is C23H26FIN4O2. The molecule has 1 aliphatic rings. The Morgan fingerprint density at radius 3 is 2.58 bits per heavy atom. The van der Waals surface area contributed by atoms with Gasteiger partial charge in [0.2, 0.25) is 0 Å². The molecule has 3 aromatic rings. The molecule has 0 spiro atoms. The summed E-state index contributed by atoms with van der Waals surface area (Å²) in [4.78, 5) is 16.2. The van der Waals surface area contributed by atoms with E-state index in [0.717, 1.165) is 38.8 Å². The maximum atomic E-state index is 14.9. The predicted molar refractivity (Wildman–Crippen MR) is 127 cm³/mol. The van der Waals surface area contributed by atoms with E-state index in [4.69, 9.17) is 4.74 Å². The number of hydrogen-bond acceptors (Lipinski definition) is 4. The Bertz CT molecular complexity index is 1100. The van der Waals surface area contributed by atoms with Crippen molar-refractivity contribution in [1.29, 1.82) is 0 Å². The molecule has 2 heterocycles. The third kappa shape index (κ3) is 5.17. The predicted octanol–water partition coefficient (Wildman–Crippen LogP) is 5.03. The normalized spacial score (nSPS) is 15.5. The van der Waals surface area contributed by atoms with E-state index in [-0.39, 0.29) is 11.9 Å². The summed E-state index contributed by atoms with van der Waals surface area (Å²) in [7, 11) is 0. The molecule has 1 aliphatic heterocycles. The van der Waals surface area contributed by atoms with E-state index in [1.54, 1.807) is 11.0 Å². The van der Waals surface area contributed by atoms with Crippen LogP contribution in [-0.2, 0) is 11.3 Å². The highest BCUT2D eigenvalue weighted by atomic mass is 127. The molecule has 0 atom stereocenters. The molecule has 1 amide bonds. The molecule has 0 aliphatic carbocycles. The van der Waals surface area contributed by atoms with Gasteiger partial charge in [0.05, 0.1) is 5.52 Å². The molecule has 1 aromatic heterocycles. The summed E-state index contributed by atoms with van der Waals surface area (Å²) in [5.74, 6) is -0.234. The number of hydrogen-bond donors (Lipinski definition) is 1. The summed E-state index contributed by atoms with van der Waals surface area (Å²) >= 11 is 2.20. The highest BCUT2D eigenvalue weighted by Crippen LogP contribution is 2.28. The van der Waals surface area contributed by atoms with Gasteiger partial charge in [-0.25, -0.2) is 9.18 Å². The monoisotopic (exact) mass is 536 g/mol. The number of nitrogens with one attached hydrogen (secondary N) is 1. The zero-order chi connectivity index (χ0) is 22.2. The number of piperazine rings is 1. The van der Waals surface area contributed by atoms with Gasteiger partial charge in [-0.05, 0) is 72.7 Å². The number of carbonyl (C=O) groups excluding carboxylic acids is 1. The number of amides is 1. The van der Waals surface area contributed by atoms with Gasteiger partial charge in [0.1, 0.15) is 15.1 Å². The van der Waals surface area contributed by atoms with Crippen molar-refractivity contribution >= 4 is 39.6 Å². The second kappa shape index (κ2) is 8.74. The fraction of sp³-hybridized carbons (Fsp3) is 0.391. The molecule has 1 fully saturated rings. The Kier molecular flexibility index (Phi) is 6.20. The molecule has 4 rings (SSSR count). The van der Waals surface area contributed by atoms with Crippen LogP contribution in [0.3, 0.4) is 0 Å². The van der Waals surface area contributed by atoms with Crippen molar-refractivity contribution in [3.05, 3.63) is 51.5 Å². The van der Waals surface area contributed by atoms with Gasteiger partial charge < -0.3 is 9.64 Å². The zero-order valence-electron chi connectivity index (χ0n) is 17.9. The van der Waals surface area contributed by atoms with Crippen LogP contribution in [0.25, 0.3) is 22.0 Å². The van der Waals surface area contributed by atoms with E-state index in [9.17, 15) is 9.18 Å². The standard InChI is InChI=1S/C23H26FIN4O2/c1-23(2,3)31-22(30)29-10-8-28(9-11-29)14-15-4-6-17(19(24)12-15)16-5-7-20-18(13-16)21(25)27-26-20/h4-7,12-13H,8-11,14H2,1-3H3,(H,26,27). The molecule has 8 heteroatoms. The number of H-pyrrole nitrogens is 1. The molecule has 164 valence electrons. The minimum Gasteiger partial charge on any atom is -0.444 e. The smallest absolute Gasteiger partial charge is 0.410 e. The second-order valence-corrected chi connectivity index (χ2v) is 9.91. The average molecular weight is 536 g/mol. The summed E-state index contributed by atoms with van der Waals surface area (Å²) in [5, 5.41) is 8.16. The molecule has 31 heavy (non-hydrogen) atoms. The van der Waals surface area contributed by atoms with Gasteiger partial charge in [-0.1, -0.05) is 18.2 Å². The van der Waals surface area contributed by atoms with E-state index >= 15 is 0 Å². The maximum absolute atomic E-state index is 14.9. The van der Waals surface area contributed by atoms with Crippen LogP contribution in [0.4, 0.5) is 9.18 Å². The van der Waals surface area contributed by atoms with Gasteiger partial charge in [0, 0.05) is 43.7 Å². The molecule has 0 saturated carbocycles. The SMILES string of the molecule is CC(C)(C)OC(=O)N1CCN(Cc2ccc(-c3ccc4n[nH]c(I)c4c3)c(F)c2)CC1. The molecular weight excluding hydrogens is 510 g/mol. The van der Waals surface area contributed by atoms with Gasteiger partial charge >= 0.3 is 6.09 Å². The number of rotatable bonds is 3. The van der Waals surface area contributed by atoms with Gasteiger partial charge in [0.25, 0.3) is 0 Å². The van der Waals surface area contributed by atoms with Crippen LogP contribution >= 0.6 is 22.6 Å². The van der Waals surface area contributed by atoms with Crippen molar-refractivity contribution in [1.82, 2.24) is 20.0 Å². The lowest BCUT2D eigenvalue weighted by Gasteiger charge is -2.35. The Balaban J connectivity index is 1.40. The highest BCUT2D eigenvalue weighted by Gasteiger charge is 2.26. The van der Waals surface area contributed by atoms with Crippen LogP contribution in [0.1, 0.15) is 26.3 Å². The zero-order valence-corrected chi connectivity index (χ0v) is 20.1. The number of carbonyl (C=O) groups is 1. The largest absolute Gasteiger partial charge is 0.444 e. The molecule has 0 bridgehead atoms. The lowest BCUT2D eigenvalue weighted by molar-refractivity contribution is 0.0139. The fourth-order valence-electron chi connectivity index (χ4n) is 3.71. The van der Waals surface area contributed by atoms with Gasteiger partial charge in [-0.3, -0.25) is 10.00 Å². The Morgan fingerprint density at radius 2 is 1.90 bits per heavy atom. The van der Waals surface area contributed by atoms with Crippen molar-refractivity contribution in [3.63, 3.8) is 0 Å². The number of fused-ring (bicyclic) bond motifs is 1. The highest BCUT2D eigenvalue weighted by molar-refractivity contribution is 14.1. The molecule has 0 unspecified atom stereocenters. The minimum absolute atomic E-state index is 0.234. The van der Waals surface area contributed by atoms with E-state index in [1.165, 1.54) is 0 Å². The Labute approximate surface area is 194 Å². The van der Waals surface area contributed by atoms with E-state index in [1.807, 2.05) is 51.1 Å². The van der Waals surface area contributed by atoms with Crippen molar-refractivity contribution in [2.45, 2.75) is 32.9 Å². The van der Waals surface area contributed by atoms with Gasteiger partial charge in [0.15, 0.2) is 0 Å². The summed E-state index contributed by atoms with van der Waals surface area (Å²) < 4.78 is 21.3. The van der Waals surface area contributed by atoms with Crippen LogP contribution in [0, 0.1) is 9.52 Å². The fourth-order valence-corrected chi connectivity index (χ4v) is 4.26. The summed E-state index contributed by atoms with van der Waals surface area (Å²) in [6, 6.07) is 11.2. The van der Waals surface area contributed by atoms with Crippen molar-refractivity contribution < 1.29 is 13.9 Å². The number of aromatic amines is 1. The number of halogens is 2. The number of ether oxygens (including phenoxy) is 1. The lowest BCUT2D eigenvalue weighted by atomic mass is 10.0. The maximum Gasteiger partial charge on any atom is 0.410 e. The van der Waals surface area contributed by atoms with Gasteiger partial charge in [-0.15, -0.1) is 0 Å². The average Bonchev–Trinajstić information content (AvgIpc) is 3.08. The van der Waals surface area contributed by atoms with Crippen LogP contribution in [0.5, 0.6) is 0 Å². The van der Waals surface area contributed by atoms with E-state index in [2.05, 4.69) is 37.7 Å². The Hall–Kier alpha value is -2.20. The van der Waals surface area contributed by atoms with Crippen molar-refractivity contribution in [2.75, 3.05) is 26.2 Å². The minimum atomic E-state index is -0.492. The van der Waals surface area contributed by atoms with E-state index < -0.39 is 5.60 Å². The third-order valence-corrected chi connectivity index (χ3v) is 6.10. The quantitative estimate of drug-likeness (QED) is 0.478. The number of benzene rings is 2. The molecule has 1 saturated heterocycles. The van der Waals surface area contributed by atoms with Crippen LogP contribution in [0.15, 0.2) is 36.4 Å². The van der Waals surface area contributed by atoms with Crippen molar-refractivity contribution in [2.24, 2.45) is 0 Å². The van der Waals surface area contributed by atoms with Crippen LogP contribution in [-0.4, -0.2) is 57.9 Å². The van der Waals surface area contributed by atoms with Crippen LogP contribution in [0.2, 0.25) is 0 Å². The van der Waals surface area contributed by atoms with E-state index in [0.29, 0.717) is 25.2 Å². The molecule has 0 radical (unpaired) electrons. The topological polar surface area (TPSA) is 61.5 Å². The van der Waals surface area contributed by atoms with Crippen molar-refractivity contribution in [3.8, 4) is 11.1 Å². The lowest BCUT2D eigenvalue weighted by Crippen LogP contribution is -2.49. The first-order valence-corrected chi connectivity index (χ1v) is 11.4. The Morgan fingerprint density at radius 1 is 1.16 bits per heavy atom. The number of aromatic nitrogens is 2. The number of nitrogens with zero attached hydrogens (tertiary/aromatic N) is 3. The summed E-state index contributed by atoms with van der Waals surface area (Å²) in [6.07, 6.45) is -0.271. The first-order valence-electron chi connectivity index (χ1n) is 10.3. The molecule has 1 N–H and O–H groups in total. The van der Waals surface area contributed by atoms with Crippen LogP contribution < -0.4 is 0 Å². The molecule has 6 nitrogen and oxygen atoms in total. The van der Waals surface area contributed by atoms with Gasteiger partial charge in [-0.2, -0.15) is 5.10 Å². The first kappa shape index (κ1) is 22.0. The first-order chi connectivity index (χ1) is 14.7. The summed E-state index contributed by atoms with van der Waals surface area (Å²) in [5.41, 5.74) is 2.72. The molecule has 2 aromatic carbocycles. The second-order valence-electron chi connectivity index (χ2n) is 8.83. The summed E-state index contributed by atoms with van der Waals surface area (Å²) in [6.45, 7) is 8.94.